The number of rotatable bonds is 6. The van der Waals surface area contributed by atoms with Crippen LogP contribution in [-0.2, 0) is 16.1 Å². The smallest absolute Gasteiger partial charge is 0.326 e. The summed E-state index contributed by atoms with van der Waals surface area (Å²) < 4.78 is 1.36. The second-order valence-corrected chi connectivity index (χ2v) is 5.39. The van der Waals surface area contributed by atoms with Gasteiger partial charge in [-0.25, -0.2) is 9.78 Å². The Hall–Kier alpha value is -2.22. The topological polar surface area (TPSA) is 101 Å². The molecule has 2 aromatic heterocycles. The highest BCUT2D eigenvalue weighted by atomic mass is 32.1. The summed E-state index contributed by atoms with van der Waals surface area (Å²) in [7, 11) is 0. The zero-order valence-electron chi connectivity index (χ0n) is 11.4. The first-order valence-corrected chi connectivity index (χ1v) is 7.35. The lowest BCUT2D eigenvalue weighted by atomic mass is 10.2. The summed E-state index contributed by atoms with van der Waals surface area (Å²) in [5, 5.41) is 13.6. The van der Waals surface area contributed by atoms with Crippen molar-refractivity contribution in [3.63, 3.8) is 0 Å². The van der Waals surface area contributed by atoms with Crippen LogP contribution in [0.2, 0.25) is 0 Å². The standard InChI is InChI=1S/C13H15N3O4S/c1-2-9(13(19)20)15-10(17)3-5-16-7-14-11-8(12(16)18)4-6-21-11/h4,6-7,9H,2-3,5H2,1H3,(H,15,17)(H,19,20). The van der Waals surface area contributed by atoms with E-state index in [9.17, 15) is 14.4 Å². The van der Waals surface area contributed by atoms with Crippen LogP contribution in [0.3, 0.4) is 0 Å². The minimum Gasteiger partial charge on any atom is -0.480 e. The molecular formula is C13H15N3O4S. The van der Waals surface area contributed by atoms with Crippen LogP contribution in [0.25, 0.3) is 10.2 Å². The number of amides is 1. The fourth-order valence-corrected chi connectivity index (χ4v) is 2.60. The van der Waals surface area contributed by atoms with Crippen molar-refractivity contribution >= 4 is 33.4 Å². The Labute approximate surface area is 124 Å². The Morgan fingerprint density at radius 3 is 2.95 bits per heavy atom. The van der Waals surface area contributed by atoms with E-state index >= 15 is 0 Å². The summed E-state index contributed by atoms with van der Waals surface area (Å²) in [5.74, 6) is -1.47. The van der Waals surface area contributed by atoms with E-state index in [1.807, 2.05) is 0 Å². The van der Waals surface area contributed by atoms with Crippen LogP contribution in [0.1, 0.15) is 19.8 Å². The quantitative estimate of drug-likeness (QED) is 0.823. The van der Waals surface area contributed by atoms with Gasteiger partial charge in [0.1, 0.15) is 10.9 Å². The minimum atomic E-state index is -1.07. The summed E-state index contributed by atoms with van der Waals surface area (Å²) in [4.78, 5) is 39.4. The van der Waals surface area contributed by atoms with Crippen molar-refractivity contribution in [1.82, 2.24) is 14.9 Å². The van der Waals surface area contributed by atoms with Crippen LogP contribution in [-0.4, -0.2) is 32.6 Å². The van der Waals surface area contributed by atoms with Gasteiger partial charge in [0.25, 0.3) is 5.56 Å². The maximum Gasteiger partial charge on any atom is 0.326 e. The van der Waals surface area contributed by atoms with Gasteiger partial charge in [0.15, 0.2) is 0 Å². The lowest BCUT2D eigenvalue weighted by molar-refractivity contribution is -0.141. The molecule has 2 rings (SSSR count). The van der Waals surface area contributed by atoms with Gasteiger partial charge in [-0.15, -0.1) is 11.3 Å². The maximum absolute atomic E-state index is 12.1. The minimum absolute atomic E-state index is 0.0288. The zero-order chi connectivity index (χ0) is 15.4. The fourth-order valence-electron chi connectivity index (χ4n) is 1.88. The predicted octanol–water partition coefficient (Wildman–Crippen LogP) is 0.827. The van der Waals surface area contributed by atoms with Crippen molar-refractivity contribution in [2.24, 2.45) is 0 Å². The monoisotopic (exact) mass is 309 g/mol. The van der Waals surface area contributed by atoms with Crippen molar-refractivity contribution in [3.05, 3.63) is 28.1 Å². The summed E-state index contributed by atoms with van der Waals surface area (Å²) in [6.45, 7) is 1.84. The number of thiophene rings is 1. The van der Waals surface area contributed by atoms with Gasteiger partial charge in [-0.05, 0) is 17.9 Å². The summed E-state index contributed by atoms with van der Waals surface area (Å²) in [5.41, 5.74) is -0.195. The van der Waals surface area contributed by atoms with Crippen LogP contribution in [0.15, 0.2) is 22.6 Å². The summed E-state index contributed by atoms with van der Waals surface area (Å²) >= 11 is 1.38. The molecule has 8 heteroatoms. The molecule has 1 unspecified atom stereocenters. The highest BCUT2D eigenvalue weighted by molar-refractivity contribution is 7.16. The average Bonchev–Trinajstić information content (AvgIpc) is 2.93. The molecule has 0 spiro atoms. The lowest BCUT2D eigenvalue weighted by Crippen LogP contribution is -2.40. The third kappa shape index (κ3) is 3.46. The lowest BCUT2D eigenvalue weighted by Gasteiger charge is -2.12. The van der Waals surface area contributed by atoms with E-state index in [2.05, 4.69) is 10.3 Å². The van der Waals surface area contributed by atoms with Crippen LogP contribution < -0.4 is 10.9 Å². The van der Waals surface area contributed by atoms with Gasteiger partial charge in [-0.2, -0.15) is 0 Å². The number of hydrogen-bond donors (Lipinski definition) is 2. The SMILES string of the molecule is CCC(NC(=O)CCn1cnc2sccc2c1=O)C(=O)O. The summed E-state index contributed by atoms with van der Waals surface area (Å²) in [6.07, 6.45) is 1.74. The zero-order valence-corrected chi connectivity index (χ0v) is 12.2. The molecule has 2 heterocycles. The molecular weight excluding hydrogens is 294 g/mol. The van der Waals surface area contributed by atoms with Gasteiger partial charge in [-0.3, -0.25) is 14.2 Å². The Bertz CT molecular complexity index is 722. The molecule has 7 nitrogen and oxygen atoms in total. The molecule has 1 atom stereocenters. The van der Waals surface area contributed by atoms with Crippen LogP contribution >= 0.6 is 11.3 Å². The number of aromatic nitrogens is 2. The number of nitrogens with one attached hydrogen (secondary N) is 1. The number of hydrogen-bond acceptors (Lipinski definition) is 5. The molecule has 112 valence electrons. The van der Waals surface area contributed by atoms with Crippen LogP contribution in [0.5, 0.6) is 0 Å². The van der Waals surface area contributed by atoms with Crippen molar-refractivity contribution in [2.45, 2.75) is 32.4 Å². The Morgan fingerprint density at radius 2 is 2.29 bits per heavy atom. The van der Waals surface area contributed by atoms with E-state index in [0.717, 1.165) is 0 Å². The van der Waals surface area contributed by atoms with E-state index < -0.39 is 17.9 Å². The summed E-state index contributed by atoms with van der Waals surface area (Å²) in [6, 6.07) is 0.801. The largest absolute Gasteiger partial charge is 0.480 e. The number of fused-ring (bicyclic) bond motifs is 1. The van der Waals surface area contributed by atoms with Gasteiger partial charge < -0.3 is 10.4 Å². The molecule has 0 radical (unpaired) electrons. The molecule has 0 aromatic carbocycles. The number of carboxylic acid groups (broad SMARTS) is 1. The van der Waals surface area contributed by atoms with Crippen molar-refractivity contribution < 1.29 is 14.7 Å². The molecule has 0 aliphatic rings. The molecule has 0 fully saturated rings. The Kier molecular flexibility index (Phi) is 4.69. The van der Waals surface area contributed by atoms with Gasteiger partial charge in [0.2, 0.25) is 5.91 Å². The van der Waals surface area contributed by atoms with E-state index in [0.29, 0.717) is 16.6 Å². The normalized spacial score (nSPS) is 12.2. The number of aryl methyl sites for hydroxylation is 1. The molecule has 0 saturated carbocycles. The van der Waals surface area contributed by atoms with Gasteiger partial charge in [0, 0.05) is 13.0 Å². The first-order chi connectivity index (χ1) is 10.0. The molecule has 2 aromatic rings. The van der Waals surface area contributed by atoms with E-state index in [4.69, 9.17) is 5.11 Å². The second kappa shape index (κ2) is 6.49. The molecule has 2 N–H and O–H groups in total. The highest BCUT2D eigenvalue weighted by Gasteiger charge is 2.17. The molecule has 21 heavy (non-hydrogen) atoms. The maximum atomic E-state index is 12.1. The Morgan fingerprint density at radius 1 is 1.52 bits per heavy atom. The van der Waals surface area contributed by atoms with E-state index in [-0.39, 0.29) is 18.5 Å². The average molecular weight is 309 g/mol. The van der Waals surface area contributed by atoms with Crippen LogP contribution in [0, 0.1) is 0 Å². The van der Waals surface area contributed by atoms with Gasteiger partial charge >= 0.3 is 5.97 Å². The number of carbonyl (C=O) groups excluding carboxylic acids is 1. The first-order valence-electron chi connectivity index (χ1n) is 6.47. The number of aliphatic carboxylic acids is 1. The molecule has 1 amide bonds. The van der Waals surface area contributed by atoms with Gasteiger partial charge in [0.05, 0.1) is 11.7 Å². The molecule has 0 aliphatic carbocycles. The second-order valence-electron chi connectivity index (χ2n) is 4.50. The highest BCUT2D eigenvalue weighted by Crippen LogP contribution is 2.13. The van der Waals surface area contributed by atoms with Crippen molar-refractivity contribution in [2.75, 3.05) is 0 Å². The van der Waals surface area contributed by atoms with Crippen molar-refractivity contribution in [1.29, 1.82) is 0 Å². The van der Waals surface area contributed by atoms with Crippen LogP contribution in [0.4, 0.5) is 0 Å². The first kappa shape index (κ1) is 15.2. The molecule has 0 bridgehead atoms. The number of nitrogens with zero attached hydrogens (tertiary/aromatic N) is 2. The van der Waals surface area contributed by atoms with E-state index in [1.165, 1.54) is 22.2 Å². The third-order valence-electron chi connectivity index (χ3n) is 3.07. The predicted molar refractivity (Wildman–Crippen MR) is 78.4 cm³/mol. The molecule has 0 saturated heterocycles. The molecule has 0 aliphatic heterocycles. The van der Waals surface area contributed by atoms with Gasteiger partial charge in [-0.1, -0.05) is 6.92 Å². The fraction of sp³-hybridized carbons (Fsp3) is 0.385. The third-order valence-corrected chi connectivity index (χ3v) is 3.89. The van der Waals surface area contributed by atoms with E-state index in [1.54, 1.807) is 18.4 Å². The number of carboxylic acids is 1. The Balaban J connectivity index is 2.01. The number of carbonyl (C=O) groups is 2. The van der Waals surface area contributed by atoms with Crippen molar-refractivity contribution in [3.8, 4) is 0 Å².